The molecule has 0 radical (unpaired) electrons. The van der Waals surface area contributed by atoms with Crippen LogP contribution in [0.4, 0.5) is 5.69 Å². The molecule has 2 rings (SSSR count). The molecular formula is C13H19N3O3S. The van der Waals surface area contributed by atoms with Gasteiger partial charge in [0.1, 0.15) is 4.90 Å². The fourth-order valence-electron chi connectivity index (χ4n) is 2.30. The number of nitrogens with two attached hydrogens (primary N) is 1. The molecule has 7 heteroatoms. The van der Waals surface area contributed by atoms with Gasteiger partial charge in [0.2, 0.25) is 15.9 Å². The van der Waals surface area contributed by atoms with Gasteiger partial charge in [-0.25, -0.2) is 13.6 Å². The van der Waals surface area contributed by atoms with E-state index in [0.717, 1.165) is 25.9 Å². The molecule has 110 valence electrons. The van der Waals surface area contributed by atoms with E-state index in [-0.39, 0.29) is 16.5 Å². The van der Waals surface area contributed by atoms with Crippen LogP contribution in [-0.2, 0) is 14.8 Å². The minimum atomic E-state index is -3.86. The third kappa shape index (κ3) is 3.17. The number of sulfonamides is 1. The Hall–Kier alpha value is -1.44. The molecule has 1 heterocycles. The van der Waals surface area contributed by atoms with Crippen molar-refractivity contribution in [1.29, 1.82) is 0 Å². The SMILES string of the molecule is CC1(C(=O)Nc2ccccc2S(N)(=O)=O)CCNCC1. The highest BCUT2D eigenvalue weighted by Gasteiger charge is 2.35. The van der Waals surface area contributed by atoms with Crippen LogP contribution in [0, 0.1) is 5.41 Å². The third-order valence-electron chi connectivity index (χ3n) is 3.70. The molecule has 1 aromatic carbocycles. The first-order valence-corrected chi connectivity index (χ1v) is 8.02. The third-order valence-corrected chi connectivity index (χ3v) is 4.67. The number of anilines is 1. The highest BCUT2D eigenvalue weighted by molar-refractivity contribution is 7.89. The summed E-state index contributed by atoms with van der Waals surface area (Å²) in [5.41, 5.74) is -0.253. The smallest absolute Gasteiger partial charge is 0.240 e. The molecule has 0 atom stereocenters. The van der Waals surface area contributed by atoms with Crippen molar-refractivity contribution in [3.8, 4) is 0 Å². The number of benzene rings is 1. The van der Waals surface area contributed by atoms with Crippen LogP contribution in [0.1, 0.15) is 19.8 Å². The lowest BCUT2D eigenvalue weighted by Crippen LogP contribution is -2.43. The van der Waals surface area contributed by atoms with E-state index in [1.165, 1.54) is 6.07 Å². The highest BCUT2D eigenvalue weighted by Crippen LogP contribution is 2.30. The van der Waals surface area contributed by atoms with Crippen LogP contribution in [-0.4, -0.2) is 27.4 Å². The summed E-state index contributed by atoms with van der Waals surface area (Å²) in [4.78, 5) is 12.3. The number of para-hydroxylation sites is 1. The Balaban J connectivity index is 2.24. The quantitative estimate of drug-likeness (QED) is 0.763. The summed E-state index contributed by atoms with van der Waals surface area (Å²) in [7, 11) is -3.86. The summed E-state index contributed by atoms with van der Waals surface area (Å²) in [5.74, 6) is -0.171. The summed E-state index contributed by atoms with van der Waals surface area (Å²) < 4.78 is 23.0. The largest absolute Gasteiger partial charge is 0.324 e. The molecule has 6 nitrogen and oxygen atoms in total. The van der Waals surface area contributed by atoms with Gasteiger partial charge < -0.3 is 10.6 Å². The Morgan fingerprint density at radius 3 is 2.50 bits per heavy atom. The van der Waals surface area contributed by atoms with E-state index >= 15 is 0 Å². The van der Waals surface area contributed by atoms with E-state index in [2.05, 4.69) is 10.6 Å². The van der Waals surface area contributed by atoms with Crippen molar-refractivity contribution in [2.75, 3.05) is 18.4 Å². The topological polar surface area (TPSA) is 101 Å². The molecule has 1 amide bonds. The van der Waals surface area contributed by atoms with E-state index in [4.69, 9.17) is 5.14 Å². The zero-order valence-electron chi connectivity index (χ0n) is 11.3. The van der Waals surface area contributed by atoms with Crippen molar-refractivity contribution < 1.29 is 13.2 Å². The second kappa shape index (κ2) is 5.51. The van der Waals surface area contributed by atoms with Crippen LogP contribution in [0.25, 0.3) is 0 Å². The molecule has 4 N–H and O–H groups in total. The Kier molecular flexibility index (Phi) is 4.12. The van der Waals surface area contributed by atoms with Gasteiger partial charge in [0, 0.05) is 5.41 Å². The predicted molar refractivity (Wildman–Crippen MR) is 76.7 cm³/mol. The molecule has 0 aliphatic carbocycles. The molecule has 0 unspecified atom stereocenters. The summed E-state index contributed by atoms with van der Waals surface area (Å²) in [5, 5.41) is 11.1. The number of nitrogens with one attached hydrogen (secondary N) is 2. The predicted octanol–water partition coefficient (Wildman–Crippen LogP) is 0.662. The number of rotatable bonds is 3. The molecule has 0 bridgehead atoms. The van der Waals surface area contributed by atoms with Crippen molar-refractivity contribution >= 4 is 21.6 Å². The first kappa shape index (κ1) is 15.0. The summed E-state index contributed by atoms with van der Waals surface area (Å²) in [6.45, 7) is 3.45. The average molecular weight is 297 g/mol. The van der Waals surface area contributed by atoms with E-state index in [1.807, 2.05) is 6.92 Å². The Labute approximate surface area is 118 Å². The maximum atomic E-state index is 12.4. The summed E-state index contributed by atoms with van der Waals surface area (Å²) in [6.07, 6.45) is 1.44. The first-order chi connectivity index (χ1) is 9.33. The second-order valence-corrected chi connectivity index (χ2v) is 6.84. The van der Waals surface area contributed by atoms with Crippen LogP contribution < -0.4 is 15.8 Å². The minimum absolute atomic E-state index is 0.0640. The van der Waals surface area contributed by atoms with Gasteiger partial charge in [0.25, 0.3) is 0 Å². The van der Waals surface area contributed by atoms with Crippen molar-refractivity contribution in [2.45, 2.75) is 24.7 Å². The van der Waals surface area contributed by atoms with Gasteiger partial charge in [-0.3, -0.25) is 4.79 Å². The lowest BCUT2D eigenvalue weighted by molar-refractivity contribution is -0.126. The summed E-state index contributed by atoms with van der Waals surface area (Å²) >= 11 is 0. The van der Waals surface area contributed by atoms with Crippen molar-refractivity contribution in [3.05, 3.63) is 24.3 Å². The highest BCUT2D eigenvalue weighted by atomic mass is 32.2. The molecule has 0 aromatic heterocycles. The van der Waals surface area contributed by atoms with Gasteiger partial charge in [-0.1, -0.05) is 19.1 Å². The number of amides is 1. The maximum absolute atomic E-state index is 12.4. The Bertz CT molecular complexity index is 607. The van der Waals surface area contributed by atoms with Gasteiger partial charge >= 0.3 is 0 Å². The molecule has 1 aromatic rings. The molecule has 1 saturated heterocycles. The van der Waals surface area contributed by atoms with E-state index in [1.54, 1.807) is 18.2 Å². The zero-order valence-corrected chi connectivity index (χ0v) is 12.2. The van der Waals surface area contributed by atoms with Gasteiger partial charge in [-0.2, -0.15) is 0 Å². The van der Waals surface area contributed by atoms with Crippen LogP contribution >= 0.6 is 0 Å². The van der Waals surface area contributed by atoms with Gasteiger partial charge in [0.15, 0.2) is 0 Å². The van der Waals surface area contributed by atoms with E-state index in [0.29, 0.717) is 0 Å². The zero-order chi connectivity index (χ0) is 14.8. The van der Waals surface area contributed by atoms with Gasteiger partial charge in [0.05, 0.1) is 5.69 Å². The fourth-order valence-corrected chi connectivity index (χ4v) is 2.99. The lowest BCUT2D eigenvalue weighted by Gasteiger charge is -2.32. The summed E-state index contributed by atoms with van der Waals surface area (Å²) in [6, 6.07) is 6.16. The van der Waals surface area contributed by atoms with E-state index in [9.17, 15) is 13.2 Å². The molecule has 1 aliphatic heterocycles. The normalized spacial score (nSPS) is 18.5. The number of piperidine rings is 1. The minimum Gasteiger partial charge on any atom is -0.324 e. The first-order valence-electron chi connectivity index (χ1n) is 6.47. The molecule has 1 aliphatic rings. The second-order valence-electron chi connectivity index (χ2n) is 5.31. The average Bonchev–Trinajstić information content (AvgIpc) is 2.39. The molecule has 0 spiro atoms. The molecular weight excluding hydrogens is 278 g/mol. The van der Waals surface area contributed by atoms with Crippen LogP contribution in [0.5, 0.6) is 0 Å². The molecule has 1 fully saturated rings. The number of carbonyl (C=O) groups is 1. The van der Waals surface area contributed by atoms with Crippen molar-refractivity contribution in [3.63, 3.8) is 0 Å². The van der Waals surface area contributed by atoms with Crippen LogP contribution in [0.3, 0.4) is 0 Å². The number of hydrogen-bond donors (Lipinski definition) is 3. The van der Waals surface area contributed by atoms with Crippen LogP contribution in [0.2, 0.25) is 0 Å². The molecule has 0 saturated carbocycles. The lowest BCUT2D eigenvalue weighted by atomic mass is 9.80. The number of carbonyl (C=O) groups excluding carboxylic acids is 1. The van der Waals surface area contributed by atoms with Crippen molar-refractivity contribution in [1.82, 2.24) is 5.32 Å². The number of hydrogen-bond acceptors (Lipinski definition) is 4. The Morgan fingerprint density at radius 2 is 1.90 bits per heavy atom. The Morgan fingerprint density at radius 1 is 1.30 bits per heavy atom. The van der Waals surface area contributed by atoms with Gasteiger partial charge in [-0.05, 0) is 38.1 Å². The monoisotopic (exact) mass is 297 g/mol. The molecule has 20 heavy (non-hydrogen) atoms. The van der Waals surface area contributed by atoms with E-state index < -0.39 is 15.4 Å². The standard InChI is InChI=1S/C13H19N3O3S/c1-13(6-8-15-9-7-13)12(17)16-10-4-2-3-5-11(10)20(14,18)19/h2-5,15H,6-9H2,1H3,(H,16,17)(H2,14,18,19). The fraction of sp³-hybridized carbons (Fsp3) is 0.462. The van der Waals surface area contributed by atoms with Crippen molar-refractivity contribution in [2.24, 2.45) is 10.6 Å². The maximum Gasteiger partial charge on any atom is 0.240 e. The van der Waals surface area contributed by atoms with Gasteiger partial charge in [-0.15, -0.1) is 0 Å². The number of primary sulfonamides is 1. The van der Waals surface area contributed by atoms with Crippen LogP contribution in [0.15, 0.2) is 29.2 Å².